The number of aliphatic hydroxyl groups excluding tert-OH is 1. The lowest BCUT2D eigenvalue weighted by atomic mass is 9.43. The van der Waals surface area contributed by atoms with Crippen molar-refractivity contribution in [2.75, 3.05) is 6.54 Å². The number of alkyl halides is 3. The fraction of sp³-hybridized carbons (Fsp3) is 1.00. The molecule has 0 radical (unpaired) electrons. The molecule has 0 aliphatic heterocycles. The van der Waals surface area contributed by atoms with Crippen LogP contribution in [-0.4, -0.2) is 29.5 Å². The average Bonchev–Trinajstić information content (AvgIpc) is 2.19. The van der Waals surface area contributed by atoms with Crippen LogP contribution in [0.4, 0.5) is 13.2 Å². The van der Waals surface area contributed by atoms with Gasteiger partial charge in [-0.1, -0.05) is 13.8 Å². The van der Waals surface area contributed by atoms with Crippen LogP contribution in [0.3, 0.4) is 0 Å². The van der Waals surface area contributed by atoms with E-state index in [4.69, 9.17) is 0 Å². The summed E-state index contributed by atoms with van der Waals surface area (Å²) >= 11 is 0. The molecule has 0 saturated heterocycles. The normalized spacial score (nSPS) is 48.6. The molecule has 0 aromatic rings. The van der Waals surface area contributed by atoms with Crippen LogP contribution < -0.4 is 5.32 Å². The average molecular weight is 291 g/mol. The van der Waals surface area contributed by atoms with E-state index in [0.29, 0.717) is 5.92 Å². The number of rotatable bonds is 3. The fourth-order valence-electron chi connectivity index (χ4n) is 6.07. The second-order valence-electron chi connectivity index (χ2n) is 8.35. The van der Waals surface area contributed by atoms with E-state index >= 15 is 0 Å². The maximum absolute atomic E-state index is 12.5. The SMILES string of the molecule is CC12CC3CC(C)(C1)CC(NCC(O)C(F)(F)F)(C3)C2. The summed E-state index contributed by atoms with van der Waals surface area (Å²) in [4.78, 5) is 0. The Morgan fingerprint density at radius 1 is 1.10 bits per heavy atom. The van der Waals surface area contributed by atoms with Crippen molar-refractivity contribution in [3.05, 3.63) is 0 Å². The number of halogens is 3. The largest absolute Gasteiger partial charge is 0.415 e. The molecule has 2 nitrogen and oxygen atoms in total. The van der Waals surface area contributed by atoms with Crippen LogP contribution in [0.2, 0.25) is 0 Å². The quantitative estimate of drug-likeness (QED) is 0.836. The third-order valence-electron chi connectivity index (χ3n) is 5.67. The first kappa shape index (κ1) is 14.6. The zero-order valence-electron chi connectivity index (χ0n) is 12.2. The van der Waals surface area contributed by atoms with Crippen LogP contribution in [0.5, 0.6) is 0 Å². The number of hydrogen-bond acceptors (Lipinski definition) is 2. The van der Waals surface area contributed by atoms with Gasteiger partial charge in [0.15, 0.2) is 6.10 Å². The molecule has 0 spiro atoms. The molecule has 4 aliphatic carbocycles. The zero-order chi connectivity index (χ0) is 14.8. The summed E-state index contributed by atoms with van der Waals surface area (Å²) in [5.41, 5.74) is 0.351. The lowest BCUT2D eigenvalue weighted by molar-refractivity contribution is -0.205. The summed E-state index contributed by atoms with van der Waals surface area (Å²) in [5.74, 6) is 0.636. The standard InChI is InChI=1S/C15H24F3NO/c1-12-3-10-4-13(2,7-12)9-14(5-10,8-12)19-6-11(20)15(16,17)18/h10-11,19-20H,3-9H2,1-2H3. The fourth-order valence-corrected chi connectivity index (χ4v) is 6.07. The molecule has 0 heterocycles. The second kappa shape index (κ2) is 4.13. The van der Waals surface area contributed by atoms with Gasteiger partial charge in [0.25, 0.3) is 0 Å². The van der Waals surface area contributed by atoms with E-state index in [1.54, 1.807) is 0 Å². The lowest BCUT2D eigenvalue weighted by Gasteiger charge is -2.65. The van der Waals surface area contributed by atoms with E-state index in [9.17, 15) is 18.3 Å². The first-order valence-electron chi connectivity index (χ1n) is 7.53. The van der Waals surface area contributed by atoms with Crippen molar-refractivity contribution in [3.8, 4) is 0 Å². The third-order valence-corrected chi connectivity index (χ3v) is 5.67. The van der Waals surface area contributed by atoms with Crippen molar-refractivity contribution >= 4 is 0 Å². The number of β-amino-alcohol motifs (C(OH)–C–C–N with tert-alkyl or cyclic N) is 1. The molecule has 4 saturated carbocycles. The van der Waals surface area contributed by atoms with E-state index in [2.05, 4.69) is 19.2 Å². The molecule has 0 aromatic heterocycles. The Bertz CT molecular complexity index is 390. The zero-order valence-corrected chi connectivity index (χ0v) is 12.2. The van der Waals surface area contributed by atoms with Crippen molar-refractivity contribution in [1.82, 2.24) is 5.32 Å². The minimum Gasteiger partial charge on any atom is -0.382 e. The van der Waals surface area contributed by atoms with Gasteiger partial charge in [0, 0.05) is 12.1 Å². The maximum atomic E-state index is 12.5. The van der Waals surface area contributed by atoms with Gasteiger partial charge in [0.1, 0.15) is 0 Å². The lowest BCUT2D eigenvalue weighted by Crippen LogP contribution is -2.65. The highest BCUT2D eigenvalue weighted by Gasteiger charge is 2.60. The van der Waals surface area contributed by atoms with Gasteiger partial charge in [-0.3, -0.25) is 0 Å². The van der Waals surface area contributed by atoms with Gasteiger partial charge in [-0.15, -0.1) is 0 Å². The van der Waals surface area contributed by atoms with Crippen molar-refractivity contribution in [2.45, 2.75) is 70.2 Å². The van der Waals surface area contributed by atoms with Crippen LogP contribution in [0.25, 0.3) is 0 Å². The Hall–Kier alpha value is -0.290. The highest BCUT2D eigenvalue weighted by atomic mass is 19.4. The molecule has 2 N–H and O–H groups in total. The molecule has 20 heavy (non-hydrogen) atoms. The van der Waals surface area contributed by atoms with Gasteiger partial charge in [0.05, 0.1) is 0 Å². The minimum absolute atomic E-state index is 0.185. The first-order valence-corrected chi connectivity index (χ1v) is 7.53. The number of nitrogens with one attached hydrogen (secondary N) is 1. The van der Waals surface area contributed by atoms with Crippen molar-refractivity contribution in [2.24, 2.45) is 16.7 Å². The van der Waals surface area contributed by atoms with E-state index in [-0.39, 0.29) is 22.9 Å². The highest BCUT2D eigenvalue weighted by molar-refractivity contribution is 5.14. The number of hydrogen-bond donors (Lipinski definition) is 2. The van der Waals surface area contributed by atoms with Gasteiger partial charge < -0.3 is 10.4 Å². The highest BCUT2D eigenvalue weighted by Crippen LogP contribution is 2.66. The van der Waals surface area contributed by atoms with Crippen LogP contribution in [0.15, 0.2) is 0 Å². The molecule has 0 aromatic carbocycles. The second-order valence-corrected chi connectivity index (χ2v) is 8.35. The molecule has 116 valence electrons. The first-order chi connectivity index (χ1) is 9.03. The van der Waals surface area contributed by atoms with Crippen molar-refractivity contribution < 1.29 is 18.3 Å². The van der Waals surface area contributed by atoms with Crippen molar-refractivity contribution in [3.63, 3.8) is 0 Å². The van der Waals surface area contributed by atoms with Crippen LogP contribution in [-0.2, 0) is 0 Å². The molecular weight excluding hydrogens is 267 g/mol. The monoisotopic (exact) mass is 291 g/mol. The summed E-state index contributed by atoms with van der Waals surface area (Å²) in [6.45, 7) is 4.20. The van der Waals surface area contributed by atoms with Gasteiger partial charge in [0.2, 0.25) is 0 Å². The van der Waals surface area contributed by atoms with Crippen LogP contribution in [0.1, 0.15) is 52.4 Å². The van der Waals surface area contributed by atoms with Gasteiger partial charge in [-0.05, 0) is 55.3 Å². The van der Waals surface area contributed by atoms with Gasteiger partial charge in [-0.25, -0.2) is 0 Å². The Kier molecular flexibility index (Phi) is 3.02. The summed E-state index contributed by atoms with van der Waals surface area (Å²) in [6.07, 6.45) is -0.265. The minimum atomic E-state index is -4.52. The molecule has 4 fully saturated rings. The summed E-state index contributed by atoms with van der Waals surface area (Å²) in [7, 11) is 0. The maximum Gasteiger partial charge on any atom is 0.415 e. The predicted molar refractivity (Wildman–Crippen MR) is 70.2 cm³/mol. The van der Waals surface area contributed by atoms with E-state index in [1.165, 1.54) is 19.3 Å². The Morgan fingerprint density at radius 2 is 1.65 bits per heavy atom. The molecule has 3 unspecified atom stereocenters. The molecule has 4 bridgehead atoms. The van der Waals surface area contributed by atoms with E-state index in [1.807, 2.05) is 0 Å². The Balaban J connectivity index is 1.73. The summed E-state index contributed by atoms with van der Waals surface area (Å²) in [5, 5.41) is 12.3. The molecule has 5 heteroatoms. The Morgan fingerprint density at radius 3 is 2.10 bits per heavy atom. The van der Waals surface area contributed by atoms with Crippen molar-refractivity contribution in [1.29, 1.82) is 0 Å². The smallest absolute Gasteiger partial charge is 0.382 e. The molecule has 0 amide bonds. The van der Waals surface area contributed by atoms with Gasteiger partial charge >= 0.3 is 6.18 Å². The topological polar surface area (TPSA) is 32.3 Å². The molecule has 4 rings (SSSR count). The molecule has 3 atom stereocenters. The van der Waals surface area contributed by atoms with Crippen LogP contribution in [0, 0.1) is 16.7 Å². The molecule has 4 aliphatic rings. The third kappa shape index (κ3) is 2.47. The predicted octanol–water partition coefficient (Wildman–Crippen LogP) is 3.25. The summed E-state index contributed by atoms with van der Waals surface area (Å²) in [6, 6.07) is 0. The summed E-state index contributed by atoms with van der Waals surface area (Å²) < 4.78 is 37.4. The number of aliphatic hydroxyl groups is 1. The van der Waals surface area contributed by atoms with E-state index in [0.717, 1.165) is 19.3 Å². The van der Waals surface area contributed by atoms with Crippen LogP contribution >= 0.6 is 0 Å². The van der Waals surface area contributed by atoms with Gasteiger partial charge in [-0.2, -0.15) is 13.2 Å². The Labute approximate surface area is 118 Å². The van der Waals surface area contributed by atoms with E-state index < -0.39 is 12.3 Å². The molecular formula is C15H24F3NO.